The maximum absolute atomic E-state index is 10.2. The Bertz CT molecular complexity index is 309. The van der Waals surface area contributed by atoms with E-state index in [1.165, 1.54) is 77.0 Å². The second-order valence-electron chi connectivity index (χ2n) is 8.41. The second-order valence-corrected chi connectivity index (χ2v) is 8.41. The van der Waals surface area contributed by atoms with Gasteiger partial charge in [-0.25, -0.2) is 0 Å². The molecule has 1 saturated heterocycles. The third-order valence-corrected chi connectivity index (χ3v) is 5.85. The lowest BCUT2D eigenvalue weighted by Gasteiger charge is -2.27. The van der Waals surface area contributed by atoms with E-state index in [1.54, 1.807) is 0 Å². The Morgan fingerprint density at radius 2 is 1.23 bits per heavy atom. The van der Waals surface area contributed by atoms with Crippen molar-refractivity contribution in [2.75, 3.05) is 19.6 Å². The summed E-state index contributed by atoms with van der Waals surface area (Å²) in [5.74, 6) is 0. The van der Waals surface area contributed by atoms with E-state index in [-0.39, 0.29) is 6.04 Å². The van der Waals surface area contributed by atoms with Crippen molar-refractivity contribution in [2.45, 2.75) is 121 Å². The first-order chi connectivity index (χ1) is 12.6. The summed E-state index contributed by atoms with van der Waals surface area (Å²) in [6, 6.07) is -0.333. The molecule has 1 fully saturated rings. The molecule has 1 rings (SSSR count). The van der Waals surface area contributed by atoms with E-state index >= 15 is 0 Å². The number of nitrogens with two attached hydrogens (primary N) is 1. The summed E-state index contributed by atoms with van der Waals surface area (Å²) >= 11 is 0. The third-order valence-electron chi connectivity index (χ3n) is 5.85. The van der Waals surface area contributed by atoms with Gasteiger partial charge in [-0.15, -0.1) is 0 Å². The Hall–Kier alpha value is -0.160. The Kier molecular flexibility index (Phi) is 14.6. The van der Waals surface area contributed by atoms with Crippen LogP contribution in [0.5, 0.6) is 0 Å². The maximum Gasteiger partial charge on any atom is 0.0961 e. The average Bonchev–Trinajstić information content (AvgIpc) is 3.14. The quantitative estimate of drug-likeness (QED) is 0.335. The van der Waals surface area contributed by atoms with Gasteiger partial charge in [0, 0.05) is 12.6 Å². The summed E-state index contributed by atoms with van der Waals surface area (Å²) in [6.07, 6.45) is 17.4. The fourth-order valence-electron chi connectivity index (χ4n) is 4.02. The van der Waals surface area contributed by atoms with Gasteiger partial charge in [0.25, 0.3) is 0 Å². The first kappa shape index (κ1) is 23.9. The van der Waals surface area contributed by atoms with E-state index in [0.29, 0.717) is 13.0 Å². The van der Waals surface area contributed by atoms with Crippen LogP contribution in [0.15, 0.2) is 0 Å². The van der Waals surface area contributed by atoms with Crippen molar-refractivity contribution >= 4 is 0 Å². The average molecular weight is 371 g/mol. The molecular weight excluding hydrogens is 324 g/mol. The molecule has 0 spiro atoms. The number of aliphatic hydroxyl groups excluding tert-OH is 2. The van der Waals surface area contributed by atoms with Crippen LogP contribution in [0, 0.1) is 0 Å². The summed E-state index contributed by atoms with van der Waals surface area (Å²) in [4.78, 5) is 2.30. The third kappa shape index (κ3) is 11.5. The van der Waals surface area contributed by atoms with Crippen LogP contribution in [0.3, 0.4) is 0 Å². The Balaban J connectivity index is 1.90. The summed E-state index contributed by atoms with van der Waals surface area (Å²) < 4.78 is 0. The van der Waals surface area contributed by atoms with Crippen molar-refractivity contribution in [2.24, 2.45) is 5.73 Å². The van der Waals surface area contributed by atoms with Gasteiger partial charge in [-0.3, -0.25) is 0 Å². The Morgan fingerprint density at radius 1 is 0.769 bits per heavy atom. The van der Waals surface area contributed by atoms with Crippen LogP contribution < -0.4 is 5.73 Å². The van der Waals surface area contributed by atoms with Gasteiger partial charge in [-0.2, -0.15) is 0 Å². The molecule has 0 unspecified atom stereocenters. The molecule has 4 N–H and O–H groups in total. The van der Waals surface area contributed by atoms with E-state index in [1.807, 2.05) is 0 Å². The molecular formula is C22H46N2O2. The van der Waals surface area contributed by atoms with Crippen molar-refractivity contribution in [3.05, 3.63) is 0 Å². The van der Waals surface area contributed by atoms with E-state index in [4.69, 9.17) is 5.73 Å². The molecule has 0 aromatic rings. The number of hydrogen-bond acceptors (Lipinski definition) is 4. The summed E-state index contributed by atoms with van der Waals surface area (Å²) in [7, 11) is 0. The summed E-state index contributed by atoms with van der Waals surface area (Å²) in [6.45, 7) is 5.13. The molecule has 1 aliphatic rings. The zero-order valence-corrected chi connectivity index (χ0v) is 17.4. The standard InChI is InChI=1S/C22H46N2O2/c1-2-3-4-5-6-7-8-9-10-11-12-13-16-21(25)22(26)20(23)19-24-17-14-15-18-24/h20-22,25-26H,2-19,23H2,1H3/t20-,21+,22-/m0/s1. The SMILES string of the molecule is CCCCCCCCCCCCCC[C@@H](O)[C@@H](O)[C@@H](N)CN1CCCC1. The van der Waals surface area contributed by atoms with E-state index in [9.17, 15) is 10.2 Å². The normalized spacial score (nSPS) is 18.9. The van der Waals surface area contributed by atoms with Crippen molar-refractivity contribution in [1.29, 1.82) is 0 Å². The first-order valence-electron chi connectivity index (χ1n) is 11.5. The minimum absolute atomic E-state index is 0.333. The molecule has 0 radical (unpaired) electrons. The molecule has 26 heavy (non-hydrogen) atoms. The molecule has 4 heteroatoms. The molecule has 1 aliphatic heterocycles. The van der Waals surface area contributed by atoms with Crippen molar-refractivity contribution in [3.63, 3.8) is 0 Å². The highest BCUT2D eigenvalue weighted by Gasteiger charge is 2.25. The van der Waals surface area contributed by atoms with Gasteiger partial charge in [-0.05, 0) is 32.4 Å². The zero-order valence-electron chi connectivity index (χ0n) is 17.4. The number of hydrogen-bond donors (Lipinski definition) is 3. The van der Waals surface area contributed by atoms with E-state index in [0.717, 1.165) is 25.9 Å². The highest BCUT2D eigenvalue weighted by atomic mass is 16.3. The molecule has 0 aliphatic carbocycles. The minimum Gasteiger partial charge on any atom is -0.390 e. The van der Waals surface area contributed by atoms with Crippen LogP contribution in [0.25, 0.3) is 0 Å². The molecule has 4 nitrogen and oxygen atoms in total. The van der Waals surface area contributed by atoms with Crippen LogP contribution in [-0.4, -0.2) is 53.0 Å². The molecule has 156 valence electrons. The zero-order chi connectivity index (χ0) is 19.0. The lowest BCUT2D eigenvalue weighted by atomic mass is 9.99. The Labute approximate surface area is 162 Å². The molecule has 0 saturated carbocycles. The number of rotatable bonds is 17. The lowest BCUT2D eigenvalue weighted by Crippen LogP contribution is -2.49. The van der Waals surface area contributed by atoms with Crippen LogP contribution in [0.4, 0.5) is 0 Å². The molecule has 0 amide bonds. The van der Waals surface area contributed by atoms with Crippen LogP contribution in [-0.2, 0) is 0 Å². The van der Waals surface area contributed by atoms with Crippen molar-refractivity contribution in [3.8, 4) is 0 Å². The minimum atomic E-state index is -0.789. The van der Waals surface area contributed by atoms with Gasteiger partial charge in [0.1, 0.15) is 0 Å². The number of aliphatic hydroxyl groups is 2. The summed E-state index contributed by atoms with van der Waals surface area (Å²) in [5, 5.41) is 20.4. The van der Waals surface area contributed by atoms with Gasteiger partial charge in [0.15, 0.2) is 0 Å². The van der Waals surface area contributed by atoms with E-state index < -0.39 is 12.2 Å². The van der Waals surface area contributed by atoms with Gasteiger partial charge in [-0.1, -0.05) is 84.0 Å². The van der Waals surface area contributed by atoms with Gasteiger partial charge >= 0.3 is 0 Å². The fourth-order valence-corrected chi connectivity index (χ4v) is 4.02. The van der Waals surface area contributed by atoms with Gasteiger partial charge in [0.05, 0.1) is 12.2 Å². The summed E-state index contributed by atoms with van der Waals surface area (Å²) in [5.41, 5.74) is 6.08. The largest absolute Gasteiger partial charge is 0.390 e. The smallest absolute Gasteiger partial charge is 0.0961 e. The molecule has 1 heterocycles. The number of unbranched alkanes of at least 4 members (excludes halogenated alkanes) is 11. The molecule has 0 aromatic carbocycles. The Morgan fingerprint density at radius 3 is 1.73 bits per heavy atom. The molecule has 0 aromatic heterocycles. The van der Waals surface area contributed by atoms with Crippen LogP contribution in [0.1, 0.15) is 103 Å². The highest BCUT2D eigenvalue weighted by molar-refractivity contribution is 4.82. The predicted octanol–water partition coefficient (Wildman–Crippen LogP) is 4.22. The van der Waals surface area contributed by atoms with Gasteiger partial charge in [0.2, 0.25) is 0 Å². The molecule has 3 atom stereocenters. The monoisotopic (exact) mass is 370 g/mol. The first-order valence-corrected chi connectivity index (χ1v) is 11.5. The van der Waals surface area contributed by atoms with Gasteiger partial charge < -0.3 is 20.8 Å². The molecule has 0 bridgehead atoms. The predicted molar refractivity (Wildman–Crippen MR) is 111 cm³/mol. The lowest BCUT2D eigenvalue weighted by molar-refractivity contribution is -0.00692. The topological polar surface area (TPSA) is 69.7 Å². The van der Waals surface area contributed by atoms with Crippen molar-refractivity contribution < 1.29 is 10.2 Å². The second kappa shape index (κ2) is 15.9. The van der Waals surface area contributed by atoms with Crippen LogP contribution >= 0.6 is 0 Å². The maximum atomic E-state index is 10.2. The van der Waals surface area contributed by atoms with E-state index in [2.05, 4.69) is 11.8 Å². The van der Waals surface area contributed by atoms with Crippen molar-refractivity contribution in [1.82, 2.24) is 4.90 Å². The number of nitrogens with zero attached hydrogens (tertiary/aromatic N) is 1. The fraction of sp³-hybridized carbons (Fsp3) is 1.00. The highest BCUT2D eigenvalue weighted by Crippen LogP contribution is 2.15. The number of likely N-dealkylation sites (tertiary alicyclic amines) is 1. The van der Waals surface area contributed by atoms with Crippen LogP contribution in [0.2, 0.25) is 0 Å².